The number of aromatic hydroxyl groups is 2. The van der Waals surface area contributed by atoms with E-state index in [4.69, 9.17) is 9.98 Å². The fourth-order valence-electron chi connectivity index (χ4n) is 5.74. The van der Waals surface area contributed by atoms with Gasteiger partial charge in [-0.05, 0) is 22.5 Å². The molecule has 1 aliphatic rings. The van der Waals surface area contributed by atoms with Gasteiger partial charge in [0.25, 0.3) is 0 Å². The molecule has 239 valence electrons. The second-order valence-electron chi connectivity index (χ2n) is 16.9. The number of phenols is 2. The van der Waals surface area contributed by atoms with Crippen LogP contribution in [0.2, 0.25) is 22.3 Å². The van der Waals surface area contributed by atoms with Crippen molar-refractivity contribution in [3.05, 3.63) is 57.6 Å². The summed E-state index contributed by atoms with van der Waals surface area (Å²) in [4.78, 5) is 10.1. The first-order valence-electron chi connectivity index (χ1n) is 16.3. The van der Waals surface area contributed by atoms with Crippen molar-refractivity contribution >= 4 is 26.0 Å². The van der Waals surface area contributed by atoms with Gasteiger partial charge in [-0.1, -0.05) is 47.6 Å². The van der Waals surface area contributed by atoms with Gasteiger partial charge in [0.05, 0.1) is 0 Å². The van der Waals surface area contributed by atoms with E-state index in [-0.39, 0.29) is 28.3 Å². The maximum atomic E-state index is 11.3. The van der Waals surface area contributed by atoms with Crippen LogP contribution in [0.4, 0.5) is 0 Å². The van der Waals surface area contributed by atoms with Gasteiger partial charge in [0.2, 0.25) is 0 Å². The van der Waals surface area contributed by atoms with Crippen molar-refractivity contribution in [3.8, 4) is 11.5 Å². The van der Waals surface area contributed by atoms with Crippen LogP contribution in [-0.4, -0.2) is 48.3 Å². The Hall–Kier alpha value is -2.06. The summed E-state index contributed by atoms with van der Waals surface area (Å²) in [5.41, 5.74) is 13.1. The van der Waals surface area contributed by atoms with Crippen LogP contribution in [0.1, 0.15) is 128 Å². The van der Waals surface area contributed by atoms with Gasteiger partial charge >= 0.3 is 175 Å². The number of aliphatic imine (C=N–C) groups is 2. The molecule has 2 aromatic rings. The third-order valence-electron chi connectivity index (χ3n) is 8.68. The monoisotopic (exact) mass is 651 g/mol. The Bertz CT molecular complexity index is 1310. The molecule has 2 atom stereocenters. The predicted molar refractivity (Wildman–Crippen MR) is 190 cm³/mol. The average Bonchev–Trinajstić information content (AvgIpc) is 2.86. The summed E-state index contributed by atoms with van der Waals surface area (Å²) in [5, 5.41) is 23.9. The summed E-state index contributed by atoms with van der Waals surface area (Å²) in [7, 11) is 0. The molecule has 0 aromatic heterocycles. The number of aryl methyl sites for hydroxylation is 1. The van der Waals surface area contributed by atoms with Crippen LogP contribution in [0.5, 0.6) is 11.5 Å². The van der Waals surface area contributed by atoms with Crippen LogP contribution in [0.15, 0.2) is 34.3 Å². The molecule has 0 bridgehead atoms. The van der Waals surface area contributed by atoms with Gasteiger partial charge < -0.3 is 5.11 Å². The molecule has 2 aromatic carbocycles. The Kier molecular flexibility index (Phi) is 11.1. The van der Waals surface area contributed by atoms with Crippen molar-refractivity contribution in [1.29, 1.82) is 0 Å². The zero-order valence-electron chi connectivity index (χ0n) is 29.3. The minimum absolute atomic E-state index is 0.0148. The van der Waals surface area contributed by atoms with Gasteiger partial charge in [-0.2, -0.15) is 0 Å². The second-order valence-corrected chi connectivity index (χ2v) is 27.4. The zero-order valence-corrected chi connectivity index (χ0v) is 31.2. The average molecular weight is 652 g/mol. The van der Waals surface area contributed by atoms with Gasteiger partial charge in [0.1, 0.15) is 5.75 Å². The normalized spacial score (nSPS) is 19.1. The summed E-state index contributed by atoms with van der Waals surface area (Å²) in [5.74, 6) is 0.706. The predicted octanol–water partition coefficient (Wildman–Crippen LogP) is 10.1. The molecular weight excluding hydrogens is 591 g/mol. The van der Waals surface area contributed by atoms with Gasteiger partial charge in [0.15, 0.2) is 0 Å². The topological polar surface area (TPSA) is 65.2 Å². The first-order valence-corrected chi connectivity index (χ1v) is 23.2. The van der Waals surface area contributed by atoms with Crippen molar-refractivity contribution in [3.63, 3.8) is 0 Å². The second kappa shape index (κ2) is 13.5. The molecule has 0 saturated heterocycles. The fourth-order valence-corrected chi connectivity index (χ4v) is 8.06. The number of hydrogen-bond donors (Lipinski definition) is 2. The summed E-state index contributed by atoms with van der Waals surface area (Å²) in [6.07, 6.45) is 10.0. The molecule has 2 unspecified atom stereocenters. The van der Waals surface area contributed by atoms with Gasteiger partial charge in [-0.3, -0.25) is 0 Å². The van der Waals surface area contributed by atoms with Crippen LogP contribution in [-0.2, 0) is 22.7 Å². The van der Waals surface area contributed by atoms with Crippen LogP contribution in [0.3, 0.4) is 0 Å². The van der Waals surface area contributed by atoms with Crippen molar-refractivity contribution in [2.45, 2.75) is 152 Å². The van der Waals surface area contributed by atoms with E-state index < -0.39 is 13.6 Å². The van der Waals surface area contributed by atoms with E-state index in [9.17, 15) is 10.2 Å². The number of benzene rings is 2. The van der Waals surface area contributed by atoms with E-state index in [1.807, 2.05) is 12.4 Å². The summed E-state index contributed by atoms with van der Waals surface area (Å²) in [6.45, 7) is 19.7. The van der Waals surface area contributed by atoms with E-state index in [1.54, 1.807) is 0 Å². The van der Waals surface area contributed by atoms with Crippen molar-refractivity contribution in [2.24, 2.45) is 9.98 Å². The molecule has 1 saturated carbocycles. The summed E-state index contributed by atoms with van der Waals surface area (Å²) < 4.78 is 0. The molecule has 1 fully saturated rings. The van der Waals surface area contributed by atoms with Crippen LogP contribution in [0.25, 0.3) is 0 Å². The number of phenolic OH excluding ortho intramolecular Hbond substituents is 2. The first kappa shape index (κ1) is 35.4. The van der Waals surface area contributed by atoms with Crippen molar-refractivity contribution in [2.75, 3.05) is 0 Å². The molecule has 5 heteroatoms. The molecule has 3 rings (SSSR count). The van der Waals surface area contributed by atoms with E-state index in [1.165, 1.54) is 16.3 Å². The Morgan fingerprint density at radius 3 is 1.60 bits per heavy atom. The quantitative estimate of drug-likeness (QED) is 0.220. The summed E-state index contributed by atoms with van der Waals surface area (Å²) in [6, 6.07) is 8.67. The number of nitrogens with zero attached hydrogens (tertiary/aromatic N) is 2. The molecule has 1 radical (unpaired) electrons. The molecule has 0 aliphatic heterocycles. The SMILES string of the molecule is CC(C)(C)c1cc(C=NC2CCCCC2N=Cc2cc(C(C)(C)C)cc(C(C)(C)C)c2O)c(O)c(CCC[As](C)(C)C)c1. The summed E-state index contributed by atoms with van der Waals surface area (Å²) >= 11 is -1.47. The molecule has 1 aliphatic carbocycles. The van der Waals surface area contributed by atoms with Gasteiger partial charge in [0, 0.05) is 11.1 Å². The standard InChI is InChI=1S/C38H60AsN2O2/c1-36(2,3)29-20-26(16-15-19-39(10,11)12)34(42)27(21-29)24-40-32-17-13-14-18-33(32)41-25-28-22-30(37(4,5)6)23-31(35(28)43)38(7,8)9/h20-25,32-33,42-43H,13-19H2,1-12H3. The molecule has 0 spiro atoms. The Morgan fingerprint density at radius 1 is 0.698 bits per heavy atom. The van der Waals surface area contributed by atoms with Gasteiger partial charge in [-0.25, -0.2) is 0 Å². The maximum absolute atomic E-state index is 11.3. The number of hydrogen-bond acceptors (Lipinski definition) is 4. The molecule has 0 amide bonds. The minimum atomic E-state index is -1.47. The molecule has 4 nitrogen and oxygen atoms in total. The van der Waals surface area contributed by atoms with E-state index in [0.717, 1.165) is 60.8 Å². The molecular formula is C38H60AsN2O2. The Balaban J connectivity index is 1.94. The van der Waals surface area contributed by atoms with Crippen molar-refractivity contribution in [1.82, 2.24) is 0 Å². The van der Waals surface area contributed by atoms with Crippen LogP contribution in [0, 0.1) is 0 Å². The fraction of sp³-hybridized carbons (Fsp3) is 0.632. The van der Waals surface area contributed by atoms with Crippen LogP contribution < -0.4 is 0 Å². The Morgan fingerprint density at radius 2 is 1.16 bits per heavy atom. The van der Waals surface area contributed by atoms with E-state index in [0.29, 0.717) is 11.5 Å². The van der Waals surface area contributed by atoms with E-state index in [2.05, 4.69) is 104 Å². The third kappa shape index (κ3) is 9.97. The molecule has 0 heterocycles. The van der Waals surface area contributed by atoms with Gasteiger partial charge in [-0.15, -0.1) is 0 Å². The third-order valence-corrected chi connectivity index (χ3v) is 12.2. The zero-order chi connectivity index (χ0) is 32.4. The van der Waals surface area contributed by atoms with Crippen molar-refractivity contribution < 1.29 is 10.2 Å². The van der Waals surface area contributed by atoms with Crippen LogP contribution >= 0.6 is 0 Å². The Labute approximate surface area is 266 Å². The molecule has 2 N–H and O–H groups in total. The first-order chi connectivity index (χ1) is 19.7. The molecule has 43 heavy (non-hydrogen) atoms. The number of rotatable bonds is 8. The van der Waals surface area contributed by atoms with E-state index >= 15 is 0 Å².